The van der Waals surface area contributed by atoms with Crippen molar-refractivity contribution in [3.05, 3.63) is 11.1 Å². The molecule has 3 rings (SSSR count). The Balaban J connectivity index is 1.46. The van der Waals surface area contributed by atoms with Crippen LogP contribution in [-0.4, -0.2) is 34.6 Å². The Morgan fingerprint density at radius 3 is 2.68 bits per heavy atom. The topological polar surface area (TPSA) is 51.4 Å². The number of piperidine rings is 1. The molecule has 1 aromatic heterocycles. The highest BCUT2D eigenvalue weighted by atomic mass is 32.1. The molecule has 1 saturated carbocycles. The monoisotopic (exact) mass is 323 g/mol. The molecule has 2 fully saturated rings. The number of rotatable bonds is 4. The van der Waals surface area contributed by atoms with Crippen LogP contribution in [-0.2, 0) is 11.3 Å². The molecule has 22 heavy (non-hydrogen) atoms. The number of hydrogen-bond acceptors (Lipinski definition) is 5. The highest BCUT2D eigenvalue weighted by Gasteiger charge is 2.31. The minimum atomic E-state index is 0.375. The second-order valence-corrected chi connectivity index (χ2v) is 7.76. The summed E-state index contributed by atoms with van der Waals surface area (Å²) >= 11 is 1.49. The lowest BCUT2D eigenvalue weighted by Gasteiger charge is -2.42. The quantitative estimate of drug-likeness (QED) is 0.856. The van der Waals surface area contributed by atoms with E-state index in [2.05, 4.69) is 16.8 Å². The number of likely N-dealkylation sites (tertiary alicyclic amines) is 1. The van der Waals surface area contributed by atoms with E-state index in [-0.39, 0.29) is 0 Å². The van der Waals surface area contributed by atoms with Crippen LogP contribution in [0.4, 0.5) is 5.13 Å². The van der Waals surface area contributed by atoms with E-state index in [1.54, 1.807) is 0 Å². The van der Waals surface area contributed by atoms with Gasteiger partial charge in [0.15, 0.2) is 5.13 Å². The third-order valence-electron chi connectivity index (χ3n) is 5.21. The number of nitrogen functional groups attached to an aromatic ring is 1. The van der Waals surface area contributed by atoms with E-state index in [0.29, 0.717) is 23.9 Å². The molecule has 1 saturated heterocycles. The predicted octanol–water partition coefficient (Wildman–Crippen LogP) is 3.82. The van der Waals surface area contributed by atoms with Crippen LogP contribution in [0.15, 0.2) is 5.38 Å². The zero-order valence-corrected chi connectivity index (χ0v) is 14.5. The fraction of sp³-hybridized carbons (Fsp3) is 0.824. The van der Waals surface area contributed by atoms with Crippen molar-refractivity contribution in [3.63, 3.8) is 0 Å². The largest absolute Gasteiger partial charge is 0.375 e. The molecule has 0 radical (unpaired) electrons. The SMILES string of the molecule is CC1CC(OCc2csc(N)n2)CCN1C1CCCCCC1. The summed E-state index contributed by atoms with van der Waals surface area (Å²) in [6.07, 6.45) is 11.2. The summed E-state index contributed by atoms with van der Waals surface area (Å²) in [6, 6.07) is 1.46. The van der Waals surface area contributed by atoms with Crippen LogP contribution in [0.1, 0.15) is 64.0 Å². The Kier molecular flexibility index (Phi) is 5.71. The second kappa shape index (κ2) is 7.75. The molecular formula is C17H29N3OS. The fourth-order valence-electron chi connectivity index (χ4n) is 4.02. The number of aromatic nitrogens is 1. The van der Waals surface area contributed by atoms with Gasteiger partial charge in [-0.05, 0) is 32.6 Å². The minimum Gasteiger partial charge on any atom is -0.375 e. The maximum absolute atomic E-state index is 6.08. The number of nitrogens with two attached hydrogens (primary N) is 1. The van der Waals surface area contributed by atoms with E-state index >= 15 is 0 Å². The normalized spacial score (nSPS) is 28.6. The standard InChI is InChI=1S/C17H29N3OS/c1-13-10-16(21-11-14-12-22-17(18)19-14)8-9-20(13)15-6-4-2-3-5-7-15/h12-13,15-16H,2-11H2,1H3,(H2,18,19). The highest BCUT2D eigenvalue weighted by molar-refractivity contribution is 7.13. The lowest BCUT2D eigenvalue weighted by molar-refractivity contribution is -0.0344. The van der Waals surface area contributed by atoms with Crippen molar-refractivity contribution in [1.29, 1.82) is 0 Å². The van der Waals surface area contributed by atoms with Gasteiger partial charge in [0.25, 0.3) is 0 Å². The van der Waals surface area contributed by atoms with Gasteiger partial charge in [0, 0.05) is 24.0 Å². The summed E-state index contributed by atoms with van der Waals surface area (Å²) in [6.45, 7) is 4.17. The van der Waals surface area contributed by atoms with E-state index in [0.717, 1.165) is 24.6 Å². The molecule has 0 amide bonds. The molecule has 0 aromatic carbocycles. The van der Waals surface area contributed by atoms with Crippen LogP contribution < -0.4 is 5.73 Å². The summed E-state index contributed by atoms with van der Waals surface area (Å²) in [7, 11) is 0. The van der Waals surface area contributed by atoms with Crippen molar-refractivity contribution in [2.75, 3.05) is 12.3 Å². The van der Waals surface area contributed by atoms with E-state index in [4.69, 9.17) is 10.5 Å². The Morgan fingerprint density at radius 2 is 2.05 bits per heavy atom. The zero-order chi connectivity index (χ0) is 15.4. The molecule has 2 aliphatic rings. The highest BCUT2D eigenvalue weighted by Crippen LogP contribution is 2.29. The number of ether oxygens (including phenoxy) is 1. The summed E-state index contributed by atoms with van der Waals surface area (Å²) < 4.78 is 6.08. The molecule has 2 N–H and O–H groups in total. The summed E-state index contributed by atoms with van der Waals surface area (Å²) in [5.41, 5.74) is 6.64. The first-order valence-corrected chi connectivity index (χ1v) is 9.67. The van der Waals surface area contributed by atoms with E-state index in [9.17, 15) is 0 Å². The van der Waals surface area contributed by atoms with Gasteiger partial charge in [0.1, 0.15) is 0 Å². The van der Waals surface area contributed by atoms with Crippen molar-refractivity contribution >= 4 is 16.5 Å². The number of thiazole rings is 1. The molecule has 2 atom stereocenters. The first-order valence-electron chi connectivity index (χ1n) is 8.79. The van der Waals surface area contributed by atoms with Crippen LogP contribution in [0.5, 0.6) is 0 Å². The Labute approximate surface area is 138 Å². The van der Waals surface area contributed by atoms with Crippen molar-refractivity contribution in [2.24, 2.45) is 0 Å². The Bertz CT molecular complexity index is 457. The zero-order valence-electron chi connectivity index (χ0n) is 13.7. The molecule has 1 aliphatic heterocycles. The number of anilines is 1. The van der Waals surface area contributed by atoms with Gasteiger partial charge in [-0.15, -0.1) is 11.3 Å². The van der Waals surface area contributed by atoms with Gasteiger partial charge in [-0.1, -0.05) is 25.7 Å². The average Bonchev–Trinajstić information content (AvgIpc) is 2.75. The molecule has 0 bridgehead atoms. The maximum Gasteiger partial charge on any atom is 0.180 e. The molecular weight excluding hydrogens is 294 g/mol. The van der Waals surface area contributed by atoms with Crippen molar-refractivity contribution < 1.29 is 4.74 Å². The molecule has 1 aromatic rings. The van der Waals surface area contributed by atoms with Crippen LogP contribution in [0, 0.1) is 0 Å². The molecule has 0 spiro atoms. The van der Waals surface area contributed by atoms with Crippen LogP contribution in [0.3, 0.4) is 0 Å². The van der Waals surface area contributed by atoms with Crippen molar-refractivity contribution in [1.82, 2.24) is 9.88 Å². The predicted molar refractivity (Wildman–Crippen MR) is 92.0 cm³/mol. The van der Waals surface area contributed by atoms with Crippen LogP contribution in [0.25, 0.3) is 0 Å². The van der Waals surface area contributed by atoms with Crippen molar-refractivity contribution in [2.45, 2.75) is 83.1 Å². The fourth-order valence-corrected chi connectivity index (χ4v) is 4.57. The van der Waals surface area contributed by atoms with Gasteiger partial charge in [0.05, 0.1) is 18.4 Å². The summed E-state index contributed by atoms with van der Waals surface area (Å²) in [5.74, 6) is 0. The van der Waals surface area contributed by atoms with Gasteiger partial charge < -0.3 is 10.5 Å². The first-order chi connectivity index (χ1) is 10.7. The van der Waals surface area contributed by atoms with E-state index in [1.165, 1.54) is 56.4 Å². The smallest absolute Gasteiger partial charge is 0.180 e. The third-order valence-corrected chi connectivity index (χ3v) is 5.93. The molecule has 2 unspecified atom stereocenters. The molecule has 124 valence electrons. The van der Waals surface area contributed by atoms with E-state index < -0.39 is 0 Å². The van der Waals surface area contributed by atoms with Gasteiger partial charge in [-0.2, -0.15) is 0 Å². The van der Waals surface area contributed by atoms with E-state index in [1.807, 2.05) is 5.38 Å². The van der Waals surface area contributed by atoms with Gasteiger partial charge in [0.2, 0.25) is 0 Å². The Morgan fingerprint density at radius 1 is 1.27 bits per heavy atom. The van der Waals surface area contributed by atoms with Crippen LogP contribution >= 0.6 is 11.3 Å². The average molecular weight is 324 g/mol. The number of hydrogen-bond donors (Lipinski definition) is 1. The Hall–Kier alpha value is -0.650. The molecule has 4 nitrogen and oxygen atoms in total. The minimum absolute atomic E-state index is 0.375. The summed E-state index contributed by atoms with van der Waals surface area (Å²) in [5, 5.41) is 2.63. The van der Waals surface area contributed by atoms with Crippen LogP contribution in [0.2, 0.25) is 0 Å². The van der Waals surface area contributed by atoms with Gasteiger partial charge >= 0.3 is 0 Å². The lowest BCUT2D eigenvalue weighted by atomic mass is 9.95. The van der Waals surface area contributed by atoms with Crippen molar-refractivity contribution in [3.8, 4) is 0 Å². The molecule has 2 heterocycles. The maximum atomic E-state index is 6.08. The second-order valence-electron chi connectivity index (χ2n) is 6.87. The molecule has 1 aliphatic carbocycles. The van der Waals surface area contributed by atoms with Gasteiger partial charge in [-0.25, -0.2) is 4.98 Å². The van der Waals surface area contributed by atoms with Gasteiger partial charge in [-0.3, -0.25) is 4.90 Å². The molecule has 5 heteroatoms. The summed E-state index contributed by atoms with van der Waals surface area (Å²) in [4.78, 5) is 7.03. The lowest BCUT2D eigenvalue weighted by Crippen LogP contribution is -2.48. The number of nitrogens with zero attached hydrogens (tertiary/aromatic N) is 2. The third kappa shape index (κ3) is 4.21. The first kappa shape index (κ1) is 16.2.